The summed E-state index contributed by atoms with van der Waals surface area (Å²) < 4.78 is 0. The lowest BCUT2D eigenvalue weighted by Gasteiger charge is -2.35. The highest BCUT2D eigenvalue weighted by Gasteiger charge is 2.23. The Morgan fingerprint density at radius 3 is 1.79 bits per heavy atom. The van der Waals surface area contributed by atoms with Crippen LogP contribution in [0.3, 0.4) is 0 Å². The second kappa shape index (κ2) is 14.4. The maximum absolute atomic E-state index is 2.59. The molecule has 0 aromatic carbocycles. The van der Waals surface area contributed by atoms with Crippen LogP contribution in [0.2, 0.25) is 0 Å². The summed E-state index contributed by atoms with van der Waals surface area (Å²) >= 11 is 0. The summed E-state index contributed by atoms with van der Waals surface area (Å²) in [7, 11) is 2.31. The maximum atomic E-state index is 2.59. The second-order valence-electron chi connectivity index (χ2n) is 5.80. The van der Waals surface area contributed by atoms with E-state index in [2.05, 4.69) is 32.7 Å². The van der Waals surface area contributed by atoms with Crippen LogP contribution in [0.5, 0.6) is 0 Å². The molecule has 0 N–H and O–H groups in total. The van der Waals surface area contributed by atoms with Crippen molar-refractivity contribution in [3.63, 3.8) is 0 Å². The number of hydrogen-bond acceptors (Lipinski definition) is 1. The van der Waals surface area contributed by atoms with E-state index in [9.17, 15) is 0 Å². The molecular weight excluding hydrogens is 230 g/mol. The smallest absolute Gasteiger partial charge is 0.00925 e. The van der Waals surface area contributed by atoms with Gasteiger partial charge in [0, 0.05) is 12.6 Å². The molecule has 1 rings (SSSR count). The Morgan fingerprint density at radius 2 is 1.42 bits per heavy atom. The van der Waals surface area contributed by atoms with Gasteiger partial charge < -0.3 is 4.90 Å². The summed E-state index contributed by atoms with van der Waals surface area (Å²) in [5, 5.41) is 0. The third kappa shape index (κ3) is 10.4. The monoisotopic (exact) mass is 271 g/mol. The van der Waals surface area contributed by atoms with E-state index >= 15 is 0 Å². The van der Waals surface area contributed by atoms with Crippen molar-refractivity contribution in [2.75, 3.05) is 13.6 Å². The van der Waals surface area contributed by atoms with Crippen molar-refractivity contribution in [1.29, 1.82) is 0 Å². The standard InChI is InChI=1S/C14H29N.2C2H6/c1-5-6-13-7-9-14(10-8-13)15(4)11-12(2)3;2*1-2/h12-14H,5-11H2,1-4H3;2*1-2H3. The van der Waals surface area contributed by atoms with Crippen molar-refractivity contribution in [2.24, 2.45) is 11.8 Å². The molecule has 1 saturated carbocycles. The largest absolute Gasteiger partial charge is 0.303 e. The molecule has 1 aliphatic rings. The number of nitrogens with zero attached hydrogens (tertiary/aromatic N) is 1. The van der Waals surface area contributed by atoms with E-state index in [1.54, 1.807) is 0 Å². The summed E-state index contributed by atoms with van der Waals surface area (Å²) in [4.78, 5) is 2.59. The SMILES string of the molecule is CC.CC.CCCC1CCC(N(C)CC(C)C)CC1. The molecule has 0 spiro atoms. The molecule has 0 atom stereocenters. The van der Waals surface area contributed by atoms with Gasteiger partial charge >= 0.3 is 0 Å². The Labute approximate surface area is 124 Å². The lowest BCUT2D eigenvalue weighted by atomic mass is 9.83. The van der Waals surface area contributed by atoms with Gasteiger partial charge in [-0.15, -0.1) is 0 Å². The Balaban J connectivity index is 0. The topological polar surface area (TPSA) is 3.24 Å². The van der Waals surface area contributed by atoms with Gasteiger partial charge in [0.2, 0.25) is 0 Å². The van der Waals surface area contributed by atoms with E-state index in [0.717, 1.165) is 17.9 Å². The summed E-state index contributed by atoms with van der Waals surface area (Å²) in [5.74, 6) is 1.85. The van der Waals surface area contributed by atoms with Crippen LogP contribution >= 0.6 is 0 Å². The van der Waals surface area contributed by atoms with Gasteiger partial charge in [0.15, 0.2) is 0 Å². The molecule has 0 saturated heterocycles. The third-order valence-electron chi connectivity index (χ3n) is 3.79. The van der Waals surface area contributed by atoms with Gasteiger partial charge in [-0.1, -0.05) is 61.3 Å². The van der Waals surface area contributed by atoms with Crippen LogP contribution < -0.4 is 0 Å². The van der Waals surface area contributed by atoms with Crippen molar-refractivity contribution in [3.8, 4) is 0 Å². The molecule has 1 aliphatic carbocycles. The van der Waals surface area contributed by atoms with Crippen LogP contribution in [-0.2, 0) is 0 Å². The quantitative estimate of drug-likeness (QED) is 0.594. The Kier molecular flexibility index (Phi) is 16.1. The van der Waals surface area contributed by atoms with Crippen LogP contribution in [-0.4, -0.2) is 24.5 Å². The van der Waals surface area contributed by atoms with Gasteiger partial charge in [0.25, 0.3) is 0 Å². The van der Waals surface area contributed by atoms with Gasteiger partial charge in [0.1, 0.15) is 0 Å². The average Bonchev–Trinajstić information content (AvgIpc) is 2.43. The minimum Gasteiger partial charge on any atom is -0.303 e. The van der Waals surface area contributed by atoms with Crippen molar-refractivity contribution in [3.05, 3.63) is 0 Å². The fraction of sp³-hybridized carbons (Fsp3) is 1.00. The highest BCUT2D eigenvalue weighted by molar-refractivity contribution is 4.78. The minimum absolute atomic E-state index is 0.809. The van der Waals surface area contributed by atoms with Crippen LogP contribution in [0.15, 0.2) is 0 Å². The van der Waals surface area contributed by atoms with Gasteiger partial charge in [0.05, 0.1) is 0 Å². The molecule has 1 nitrogen and oxygen atoms in total. The molecule has 1 fully saturated rings. The lowest BCUT2D eigenvalue weighted by Crippen LogP contribution is -2.37. The van der Waals surface area contributed by atoms with Gasteiger partial charge in [-0.25, -0.2) is 0 Å². The van der Waals surface area contributed by atoms with Crippen LogP contribution in [0.4, 0.5) is 0 Å². The number of rotatable bonds is 5. The first-order chi connectivity index (χ1) is 9.13. The fourth-order valence-electron chi connectivity index (χ4n) is 3.01. The zero-order chi connectivity index (χ0) is 15.3. The van der Waals surface area contributed by atoms with Crippen LogP contribution in [0.1, 0.15) is 87.0 Å². The van der Waals surface area contributed by atoms with E-state index in [4.69, 9.17) is 0 Å². The maximum Gasteiger partial charge on any atom is 0.00925 e. The van der Waals surface area contributed by atoms with E-state index in [-0.39, 0.29) is 0 Å². The fourth-order valence-corrected chi connectivity index (χ4v) is 3.01. The number of hydrogen-bond donors (Lipinski definition) is 0. The Bertz CT molecular complexity index is 157. The second-order valence-corrected chi connectivity index (χ2v) is 5.80. The van der Waals surface area contributed by atoms with Gasteiger partial charge in [-0.2, -0.15) is 0 Å². The zero-order valence-electron chi connectivity index (χ0n) is 15.1. The lowest BCUT2D eigenvalue weighted by molar-refractivity contribution is 0.148. The van der Waals surface area contributed by atoms with Gasteiger partial charge in [-0.05, 0) is 44.6 Å². The predicted molar refractivity (Wildman–Crippen MR) is 90.8 cm³/mol. The highest BCUT2D eigenvalue weighted by Crippen LogP contribution is 2.30. The molecule has 0 amide bonds. The van der Waals surface area contributed by atoms with E-state index in [0.29, 0.717) is 0 Å². The minimum atomic E-state index is 0.809. The van der Waals surface area contributed by atoms with E-state index in [1.807, 2.05) is 27.7 Å². The first-order valence-electron chi connectivity index (χ1n) is 8.83. The molecule has 0 aromatic rings. The molecule has 19 heavy (non-hydrogen) atoms. The summed E-state index contributed by atoms with van der Waals surface area (Å²) in [6.07, 6.45) is 8.65. The third-order valence-corrected chi connectivity index (χ3v) is 3.79. The van der Waals surface area contributed by atoms with Crippen LogP contribution in [0.25, 0.3) is 0 Å². The normalized spacial score (nSPS) is 22.4. The average molecular weight is 272 g/mol. The molecule has 0 aromatic heterocycles. The van der Waals surface area contributed by atoms with Crippen molar-refractivity contribution < 1.29 is 0 Å². The van der Waals surface area contributed by atoms with Crippen molar-refractivity contribution in [2.45, 2.75) is 93.0 Å². The van der Waals surface area contributed by atoms with E-state index < -0.39 is 0 Å². The van der Waals surface area contributed by atoms with E-state index in [1.165, 1.54) is 45.1 Å². The summed E-state index contributed by atoms with van der Waals surface area (Å²) in [6, 6.07) is 0.875. The molecule has 118 valence electrons. The molecule has 0 heterocycles. The summed E-state index contributed by atoms with van der Waals surface area (Å²) in [5.41, 5.74) is 0. The molecule has 1 heteroatoms. The molecule has 0 radical (unpaired) electrons. The Morgan fingerprint density at radius 1 is 0.947 bits per heavy atom. The van der Waals surface area contributed by atoms with Crippen molar-refractivity contribution >= 4 is 0 Å². The van der Waals surface area contributed by atoms with Crippen molar-refractivity contribution in [1.82, 2.24) is 4.90 Å². The predicted octanol–water partition coefficient (Wildman–Crippen LogP) is 5.99. The van der Waals surface area contributed by atoms with Crippen LogP contribution in [0, 0.1) is 11.8 Å². The molecule has 0 aliphatic heterocycles. The van der Waals surface area contributed by atoms with Gasteiger partial charge in [-0.3, -0.25) is 0 Å². The molecule has 0 unspecified atom stereocenters. The first-order valence-corrected chi connectivity index (χ1v) is 8.83. The summed E-state index contributed by atoms with van der Waals surface area (Å²) in [6.45, 7) is 16.2. The first kappa shape index (κ1) is 21.3. The highest BCUT2D eigenvalue weighted by atomic mass is 15.1. The molecular formula is C18H41N. The molecule has 0 bridgehead atoms. The zero-order valence-corrected chi connectivity index (χ0v) is 15.1. The Hall–Kier alpha value is -0.0400.